The normalized spacial score (nSPS) is 11.0. The summed E-state index contributed by atoms with van der Waals surface area (Å²) in [6, 6.07) is 19.8. The third kappa shape index (κ3) is 17.2. The van der Waals surface area contributed by atoms with Crippen LogP contribution in [0.25, 0.3) is 11.1 Å². The Morgan fingerprint density at radius 2 is 1.15 bits per heavy atom. The maximum absolute atomic E-state index is 5.04. The Balaban J connectivity index is 0.00000293. The number of hydrogen-bond donors (Lipinski definition) is 0. The van der Waals surface area contributed by atoms with Crippen molar-refractivity contribution in [3.63, 3.8) is 0 Å². The summed E-state index contributed by atoms with van der Waals surface area (Å²) in [5, 5.41) is 0. The first-order chi connectivity index (χ1) is 22.9. The summed E-state index contributed by atoms with van der Waals surface area (Å²) >= 11 is 0. The van der Waals surface area contributed by atoms with E-state index in [2.05, 4.69) is 117 Å². The first kappa shape index (κ1) is 45.5. The van der Waals surface area contributed by atoms with Gasteiger partial charge < -0.3 is 13.8 Å². The minimum absolute atomic E-state index is 0. The fourth-order valence-corrected chi connectivity index (χ4v) is 5.76. The van der Waals surface area contributed by atoms with Crippen molar-refractivity contribution in [2.45, 2.75) is 152 Å². The molecule has 0 aliphatic rings. The average Bonchev–Trinajstić information content (AvgIpc) is 3.10. The Bertz CT molecular complexity index is 1300. The molecule has 0 atom stereocenters. The standard InChI is InChI=1S/C39H54N2.C4H9.C2H5.Ni/c1-7-10-12-14-15-18-23-35-26-37(25-33(9-3)31(35)5)40-29-30(4)41-38-27-36(24-17-13-11-8-2)32(6)39(28-38)34-21-19-16-20-22-34;1-3-4-2;1-2;/h16,19-22,25-29H,7-15,17-18,23-24H2,1-6H3;1,3-4H2,2H3;1H2,2H3;/q;2*-1;+2. The van der Waals surface area contributed by atoms with Crippen LogP contribution in [0.5, 0.6) is 0 Å². The van der Waals surface area contributed by atoms with E-state index in [0.717, 1.165) is 42.8 Å². The van der Waals surface area contributed by atoms with Crippen LogP contribution in [-0.4, -0.2) is 11.9 Å². The van der Waals surface area contributed by atoms with Gasteiger partial charge in [0.15, 0.2) is 0 Å². The van der Waals surface area contributed by atoms with Crippen LogP contribution < -0.4 is 0 Å². The fraction of sp³-hybridized carbons (Fsp3) is 0.511. The predicted octanol–water partition coefficient (Wildman–Crippen LogP) is 14.5. The molecule has 0 heterocycles. The first-order valence-corrected chi connectivity index (χ1v) is 18.8. The van der Waals surface area contributed by atoms with E-state index in [4.69, 9.17) is 9.98 Å². The molecule has 0 radical (unpaired) electrons. The van der Waals surface area contributed by atoms with Gasteiger partial charge in [-0.2, -0.15) is 13.3 Å². The van der Waals surface area contributed by atoms with Crippen molar-refractivity contribution >= 4 is 23.3 Å². The molecule has 3 rings (SSSR count). The molecule has 0 aliphatic heterocycles. The van der Waals surface area contributed by atoms with E-state index in [1.807, 2.05) is 6.21 Å². The van der Waals surface area contributed by atoms with Crippen LogP contribution in [0.2, 0.25) is 0 Å². The maximum atomic E-state index is 5.04. The average molecular weight is 696 g/mol. The van der Waals surface area contributed by atoms with E-state index < -0.39 is 0 Å². The summed E-state index contributed by atoms with van der Waals surface area (Å²) < 4.78 is 0. The SMILES string of the molecule is CCCCCCCCc1cc(N=CC(C)=Nc2cc(CCCCCC)c(C)c(-c3ccccc3)c2)cc(CC)c1C.[CH2-]C.[CH2-]CCC.[Ni+2]. The van der Waals surface area contributed by atoms with Crippen molar-refractivity contribution in [1.82, 2.24) is 0 Å². The molecule has 0 spiro atoms. The Labute approximate surface area is 307 Å². The van der Waals surface area contributed by atoms with Gasteiger partial charge in [-0.3, -0.25) is 9.98 Å². The number of benzene rings is 3. The molecule has 0 saturated carbocycles. The number of hydrogen-bond acceptors (Lipinski definition) is 2. The van der Waals surface area contributed by atoms with Gasteiger partial charge in [0.05, 0.1) is 17.1 Å². The largest absolute Gasteiger partial charge is 2.00 e. The van der Waals surface area contributed by atoms with Gasteiger partial charge in [-0.1, -0.05) is 116 Å². The summed E-state index contributed by atoms with van der Waals surface area (Å²) in [4.78, 5) is 9.96. The zero-order chi connectivity index (χ0) is 34.9. The number of nitrogens with zero attached hydrogens (tertiary/aromatic N) is 2. The van der Waals surface area contributed by atoms with Gasteiger partial charge in [-0.15, -0.1) is 0 Å². The minimum atomic E-state index is 0. The Morgan fingerprint density at radius 1 is 0.646 bits per heavy atom. The minimum Gasteiger partial charge on any atom is -0.346 e. The molecule has 0 unspecified atom stereocenters. The zero-order valence-electron chi connectivity index (χ0n) is 32.0. The Morgan fingerprint density at radius 3 is 1.71 bits per heavy atom. The molecule has 3 aromatic carbocycles. The molecule has 268 valence electrons. The van der Waals surface area contributed by atoms with Gasteiger partial charge >= 0.3 is 16.5 Å². The molecule has 0 aliphatic carbocycles. The van der Waals surface area contributed by atoms with Crippen LogP contribution in [0.15, 0.2) is 64.6 Å². The van der Waals surface area contributed by atoms with E-state index in [9.17, 15) is 0 Å². The second kappa shape index (κ2) is 28.3. The topological polar surface area (TPSA) is 24.7 Å². The molecule has 0 amide bonds. The van der Waals surface area contributed by atoms with E-state index in [1.165, 1.54) is 110 Å². The molecule has 48 heavy (non-hydrogen) atoms. The van der Waals surface area contributed by atoms with Gasteiger partial charge in [0.1, 0.15) is 0 Å². The smallest absolute Gasteiger partial charge is 0.346 e. The number of aryl methyl sites for hydroxylation is 3. The molecule has 3 heteroatoms. The van der Waals surface area contributed by atoms with Gasteiger partial charge in [0.2, 0.25) is 0 Å². The second-order valence-electron chi connectivity index (χ2n) is 12.6. The Kier molecular flexibility index (Phi) is 26.9. The van der Waals surface area contributed by atoms with Gasteiger partial charge in [0, 0.05) is 6.21 Å². The molecule has 0 saturated heterocycles. The van der Waals surface area contributed by atoms with E-state index >= 15 is 0 Å². The summed E-state index contributed by atoms with van der Waals surface area (Å²) in [6.45, 7) is 24.1. The van der Waals surface area contributed by atoms with Crippen LogP contribution >= 0.6 is 0 Å². The quantitative estimate of drug-likeness (QED) is 0.0548. The van der Waals surface area contributed by atoms with Gasteiger partial charge in [0.25, 0.3) is 0 Å². The van der Waals surface area contributed by atoms with Crippen molar-refractivity contribution in [3.05, 3.63) is 96.3 Å². The van der Waals surface area contributed by atoms with Gasteiger partial charge in [-0.05, 0) is 116 Å². The van der Waals surface area contributed by atoms with Crippen molar-refractivity contribution in [2.75, 3.05) is 0 Å². The number of rotatable bonds is 18. The fourth-order valence-electron chi connectivity index (χ4n) is 5.76. The zero-order valence-corrected chi connectivity index (χ0v) is 33.0. The summed E-state index contributed by atoms with van der Waals surface area (Å²) in [6.07, 6.45) is 20.6. The summed E-state index contributed by atoms with van der Waals surface area (Å²) in [7, 11) is 0. The molecule has 0 fully saturated rings. The van der Waals surface area contributed by atoms with Gasteiger partial charge in [-0.25, -0.2) is 0 Å². The third-order valence-corrected chi connectivity index (χ3v) is 8.73. The molecule has 3 aromatic rings. The van der Waals surface area contributed by atoms with E-state index in [1.54, 1.807) is 6.92 Å². The molecule has 0 bridgehead atoms. The molecule has 0 N–H and O–H groups in total. The number of unbranched alkanes of at least 4 members (excludes halogenated alkanes) is 9. The number of aliphatic imine (C=N–C) groups is 2. The maximum Gasteiger partial charge on any atom is 2.00 e. The molecule has 2 nitrogen and oxygen atoms in total. The van der Waals surface area contributed by atoms with Crippen molar-refractivity contribution in [1.29, 1.82) is 0 Å². The van der Waals surface area contributed by atoms with Crippen molar-refractivity contribution < 1.29 is 16.5 Å². The Hall–Kier alpha value is -2.51. The van der Waals surface area contributed by atoms with Crippen molar-refractivity contribution in [3.8, 4) is 11.1 Å². The van der Waals surface area contributed by atoms with Crippen LogP contribution in [0.4, 0.5) is 11.4 Å². The van der Waals surface area contributed by atoms with Crippen LogP contribution in [0.1, 0.15) is 146 Å². The summed E-state index contributed by atoms with van der Waals surface area (Å²) in [5.41, 5.74) is 12.7. The van der Waals surface area contributed by atoms with Crippen LogP contribution in [0, 0.1) is 27.7 Å². The monoisotopic (exact) mass is 694 g/mol. The molecule has 0 aromatic heterocycles. The van der Waals surface area contributed by atoms with Crippen LogP contribution in [-0.2, 0) is 35.8 Å². The predicted molar refractivity (Wildman–Crippen MR) is 214 cm³/mol. The van der Waals surface area contributed by atoms with E-state index in [0.29, 0.717) is 0 Å². The van der Waals surface area contributed by atoms with E-state index in [-0.39, 0.29) is 16.5 Å². The third-order valence-electron chi connectivity index (χ3n) is 8.73. The molecular weight excluding hydrogens is 627 g/mol. The molecular formula is C45H68N2Ni. The van der Waals surface area contributed by atoms with Crippen molar-refractivity contribution in [2.24, 2.45) is 9.98 Å². The summed E-state index contributed by atoms with van der Waals surface area (Å²) in [5.74, 6) is 0. The van der Waals surface area contributed by atoms with Crippen LogP contribution in [0.3, 0.4) is 0 Å². The first-order valence-electron chi connectivity index (χ1n) is 18.8. The second-order valence-corrected chi connectivity index (χ2v) is 12.6.